The van der Waals surface area contributed by atoms with Crippen molar-refractivity contribution >= 4 is 15.2 Å². The first-order chi connectivity index (χ1) is 12.0. The minimum atomic E-state index is -5.59. The number of aliphatic hydroxyl groups is 1. The minimum absolute atomic E-state index is 0. The van der Waals surface area contributed by atoms with E-state index in [0.29, 0.717) is 0 Å². The Kier molecular flexibility index (Phi) is 27.5. The first kappa shape index (κ1) is 44.8. The fraction of sp³-hybridized carbons (Fsp3) is 0.286. The topological polar surface area (TPSA) is 320 Å². The van der Waals surface area contributed by atoms with Crippen molar-refractivity contribution in [2.75, 3.05) is 6.54 Å². The number of aromatic nitrogens is 2. The van der Waals surface area contributed by atoms with Crippen molar-refractivity contribution in [2.24, 2.45) is 0 Å². The van der Waals surface area contributed by atoms with Gasteiger partial charge in [0, 0.05) is 18.8 Å². The van der Waals surface area contributed by atoms with Crippen molar-refractivity contribution in [1.29, 1.82) is 0 Å². The van der Waals surface area contributed by atoms with Crippen LogP contribution in [0.5, 0.6) is 0 Å². The molecule has 2 rings (SSSR count). The summed E-state index contributed by atoms with van der Waals surface area (Å²) in [5, 5.41) is 5.63. The summed E-state index contributed by atoms with van der Waals surface area (Å²) < 4.78 is 21.2. The molecule has 1 radical (unpaired) electrons. The van der Waals surface area contributed by atoms with E-state index in [1.165, 1.54) is 0 Å². The van der Waals surface area contributed by atoms with Crippen molar-refractivity contribution in [1.82, 2.24) is 9.97 Å². The van der Waals surface area contributed by atoms with E-state index >= 15 is 0 Å². The Labute approximate surface area is 200 Å². The second kappa shape index (κ2) is 19.6. The summed E-state index contributed by atoms with van der Waals surface area (Å²) in [6, 6.07) is 11.6. The van der Waals surface area contributed by atoms with Crippen LogP contribution in [0.15, 0.2) is 48.8 Å². The van der Waals surface area contributed by atoms with Crippen LogP contribution in [0.2, 0.25) is 0 Å². The summed E-state index contributed by atoms with van der Waals surface area (Å²) in [5.74, 6) is 0. The van der Waals surface area contributed by atoms with Gasteiger partial charge in [0.1, 0.15) is 0 Å². The number of hydrogen-bond acceptors (Lipinski definition) is 7. The largest absolute Gasteiger partial charge is 2.00 e. The zero-order chi connectivity index (χ0) is 19.8. The fourth-order valence-corrected chi connectivity index (χ4v) is 3.99. The normalized spacial score (nSPS) is 14.4. The summed E-state index contributed by atoms with van der Waals surface area (Å²) in [6.07, 6.45) is 2.65. The third kappa shape index (κ3) is 13.0. The Morgan fingerprint density at radius 3 is 1.44 bits per heavy atom. The fourth-order valence-electron chi connectivity index (χ4n) is 1.83. The van der Waals surface area contributed by atoms with E-state index in [4.69, 9.17) is 14.9 Å². The molecule has 0 saturated heterocycles. The minimum Gasteiger partial charge on any atom is -1.00 e. The van der Waals surface area contributed by atoms with Crippen molar-refractivity contribution in [3.63, 3.8) is 0 Å². The number of halogens is 1. The molecule has 0 amide bonds. The number of pyridine rings is 2. The quantitative estimate of drug-likeness (QED) is 0.187. The van der Waals surface area contributed by atoms with Gasteiger partial charge in [-0.3, -0.25) is 9.97 Å². The van der Waals surface area contributed by atoms with E-state index in [2.05, 4.69) is 15.7 Å². The number of nitrogens with zero attached hydrogens (tertiary/aromatic N) is 2. The van der Waals surface area contributed by atoms with Gasteiger partial charge in [0.05, 0.1) is 17.9 Å². The molecule has 14 nitrogen and oxygen atoms in total. The summed E-state index contributed by atoms with van der Waals surface area (Å²) in [6.45, 7) is 0.155. The molecular formula is C14H28ClCuN3O11P2. The van der Waals surface area contributed by atoms with Crippen LogP contribution in [-0.2, 0) is 26.2 Å². The molecule has 2 aromatic heterocycles. The second-order valence-corrected chi connectivity index (χ2v) is 9.12. The van der Waals surface area contributed by atoms with Gasteiger partial charge in [0.15, 0.2) is 20.3 Å². The van der Waals surface area contributed by atoms with Crippen molar-refractivity contribution in [3.8, 4) is 11.4 Å². The van der Waals surface area contributed by atoms with Crippen LogP contribution in [0.3, 0.4) is 0 Å². The van der Waals surface area contributed by atoms with Gasteiger partial charge >= 0.3 is 17.1 Å². The van der Waals surface area contributed by atoms with Gasteiger partial charge in [-0.05, 0) is 30.7 Å². The third-order valence-corrected chi connectivity index (χ3v) is 7.03. The molecule has 0 aliphatic rings. The number of rotatable bonds is 6. The van der Waals surface area contributed by atoms with Crippen LogP contribution in [0.4, 0.5) is 0 Å². The van der Waals surface area contributed by atoms with Gasteiger partial charge in [-0.25, -0.2) is 0 Å². The Hall–Kier alpha value is -0.831. The molecule has 0 aliphatic heterocycles. The van der Waals surface area contributed by atoms with Crippen LogP contribution in [-0.4, -0.2) is 58.4 Å². The Morgan fingerprint density at radius 2 is 1.22 bits per heavy atom. The molecule has 2 aromatic rings. The predicted molar refractivity (Wildman–Crippen MR) is 104 cm³/mol. The Balaban J connectivity index is -0.0000000892. The first-order valence-electron chi connectivity index (χ1n) is 7.45. The first-order valence-corrected chi connectivity index (χ1v) is 10.6. The smallest absolute Gasteiger partial charge is 1.00 e. The molecule has 32 heavy (non-hydrogen) atoms. The van der Waals surface area contributed by atoms with Gasteiger partial charge in [-0.15, -0.1) is 0 Å². The average molecular weight is 575 g/mol. The Morgan fingerprint density at radius 1 is 0.875 bits per heavy atom. The monoisotopic (exact) mass is 574 g/mol. The van der Waals surface area contributed by atoms with Gasteiger partial charge < -0.3 is 73.9 Å². The van der Waals surface area contributed by atoms with E-state index in [-0.39, 0.29) is 64.3 Å². The molecule has 2 atom stereocenters. The van der Waals surface area contributed by atoms with E-state index in [9.17, 15) is 18.9 Å². The van der Waals surface area contributed by atoms with Crippen LogP contribution in [0.25, 0.3) is 11.4 Å². The van der Waals surface area contributed by atoms with Crippen LogP contribution < -0.4 is 27.9 Å². The van der Waals surface area contributed by atoms with Crippen LogP contribution in [0, 0.1) is 0 Å². The molecule has 193 valence electrons. The maximum Gasteiger partial charge on any atom is 2.00 e. The molecule has 2 heterocycles. The third-order valence-electron chi connectivity index (χ3n) is 3.26. The van der Waals surface area contributed by atoms with E-state index in [1.54, 1.807) is 12.4 Å². The average Bonchev–Trinajstić information content (AvgIpc) is 2.60. The zero-order valence-electron chi connectivity index (χ0n) is 16.4. The van der Waals surface area contributed by atoms with Crippen molar-refractivity contribution in [3.05, 3.63) is 48.8 Å². The van der Waals surface area contributed by atoms with E-state index in [0.717, 1.165) is 11.4 Å². The van der Waals surface area contributed by atoms with E-state index < -0.39 is 26.7 Å². The van der Waals surface area contributed by atoms with Crippen molar-refractivity contribution < 1.29 is 90.9 Å². The maximum atomic E-state index is 10.6. The zero-order valence-corrected chi connectivity index (χ0v) is 19.9. The standard InChI is InChI=1S/C10H8N2.C4H13NO7P2.ClH.Cu.4H2O/c1-3-7-11-9(5-1)10-6-2-4-8-12-10;5-3-1-2-4(6,13(7,8)9)14(10,11)12;;;;;;/h1-8H;6H,1-3,5H2,(H2,7,8,9)(H2,10,11,12);1H;;4*1H2/q;;;+2;;;;/p-2. The maximum absolute atomic E-state index is 10.6. The van der Waals surface area contributed by atoms with Gasteiger partial charge in [0.25, 0.3) is 0 Å². The molecule has 0 spiro atoms. The van der Waals surface area contributed by atoms with Gasteiger partial charge in [0.2, 0.25) is 0 Å². The molecule has 2 unspecified atom stereocenters. The van der Waals surface area contributed by atoms with E-state index in [1.807, 2.05) is 36.4 Å². The molecule has 0 aliphatic carbocycles. The summed E-state index contributed by atoms with van der Waals surface area (Å²) in [7, 11) is -11.2. The summed E-state index contributed by atoms with van der Waals surface area (Å²) >= 11 is 0. The SMILES string of the molecule is O.O.O.O.[Cl-].[Cu+2].[NH3+]CCCC(O)(P(=O)([O-])O)P(=O)([O-])O.c1ccc(-c2ccccn2)nc1. The van der Waals surface area contributed by atoms with Crippen LogP contribution in [0.1, 0.15) is 12.8 Å². The second-order valence-electron chi connectivity index (χ2n) is 5.20. The molecule has 18 heteroatoms. The van der Waals surface area contributed by atoms with Crippen molar-refractivity contribution in [2.45, 2.75) is 17.9 Å². The summed E-state index contributed by atoms with van der Waals surface area (Å²) in [5.41, 5.74) is 5.12. The predicted octanol–water partition coefficient (Wildman–Crippen LogP) is -7.41. The molecular weight excluding hydrogens is 547 g/mol. The molecule has 0 bridgehead atoms. The Bertz CT molecular complexity index is 725. The molecule has 0 fully saturated rings. The molecule has 0 saturated carbocycles. The van der Waals surface area contributed by atoms with Gasteiger partial charge in [-0.1, -0.05) is 12.1 Å². The molecule has 14 N–H and O–H groups in total. The van der Waals surface area contributed by atoms with Crippen LogP contribution >= 0.6 is 15.2 Å². The molecule has 0 aromatic carbocycles. The number of quaternary nitrogens is 1. The summed E-state index contributed by atoms with van der Waals surface area (Å²) in [4.78, 5) is 46.5. The van der Waals surface area contributed by atoms with Gasteiger partial charge in [-0.2, -0.15) is 0 Å². The number of hydrogen-bond donors (Lipinski definition) is 4.